The molecule has 0 bridgehead atoms. The van der Waals surface area contributed by atoms with Crippen molar-refractivity contribution in [2.75, 3.05) is 19.6 Å². The van der Waals surface area contributed by atoms with Gasteiger partial charge in [-0.15, -0.1) is 12.4 Å². The summed E-state index contributed by atoms with van der Waals surface area (Å²) in [7, 11) is 0. The van der Waals surface area contributed by atoms with Crippen molar-refractivity contribution < 1.29 is 18.7 Å². The summed E-state index contributed by atoms with van der Waals surface area (Å²) in [5.74, 6) is -2.98. The first kappa shape index (κ1) is 15.8. The molecule has 1 amide bonds. The minimum Gasteiger partial charge on any atom is -0.391 e. The molecule has 1 aliphatic heterocycles. The molecule has 0 spiro atoms. The lowest BCUT2D eigenvalue weighted by molar-refractivity contribution is 0.0922. The second kappa shape index (κ2) is 6.79. The van der Waals surface area contributed by atoms with Crippen LogP contribution in [0.4, 0.5) is 8.78 Å². The fourth-order valence-electron chi connectivity index (χ4n) is 1.93. The highest BCUT2D eigenvalue weighted by Crippen LogP contribution is 2.12. The number of aliphatic hydroxyl groups is 1. The lowest BCUT2D eigenvalue weighted by atomic mass is 10.1. The zero-order valence-corrected chi connectivity index (χ0v) is 10.8. The maximum absolute atomic E-state index is 13.3. The zero-order chi connectivity index (χ0) is 13.1. The highest BCUT2D eigenvalue weighted by Gasteiger charge is 2.25. The minimum atomic E-state index is -1.15. The van der Waals surface area contributed by atoms with Gasteiger partial charge in [0, 0.05) is 25.6 Å². The van der Waals surface area contributed by atoms with Gasteiger partial charge in [0.25, 0.3) is 5.91 Å². The summed E-state index contributed by atoms with van der Waals surface area (Å²) in [6.07, 6.45) is -0.525. The summed E-state index contributed by atoms with van der Waals surface area (Å²) in [6, 6.07) is 3.45. The van der Waals surface area contributed by atoms with Crippen LogP contribution in [-0.2, 0) is 0 Å². The number of rotatable bonds is 3. The van der Waals surface area contributed by atoms with Crippen molar-refractivity contribution in [3.8, 4) is 0 Å². The van der Waals surface area contributed by atoms with E-state index in [1.807, 2.05) is 0 Å². The van der Waals surface area contributed by atoms with Crippen molar-refractivity contribution in [1.82, 2.24) is 10.6 Å². The van der Waals surface area contributed by atoms with Crippen molar-refractivity contribution >= 4 is 18.3 Å². The lowest BCUT2D eigenvalue weighted by Crippen LogP contribution is -2.34. The Hall–Kier alpha value is -1.24. The molecule has 0 radical (unpaired) electrons. The van der Waals surface area contributed by atoms with Crippen molar-refractivity contribution in [1.29, 1.82) is 0 Å². The van der Waals surface area contributed by atoms with E-state index in [0.29, 0.717) is 13.1 Å². The Balaban J connectivity index is 0.00000180. The van der Waals surface area contributed by atoms with E-state index in [-0.39, 0.29) is 30.4 Å². The molecule has 0 saturated carbocycles. The van der Waals surface area contributed by atoms with Crippen LogP contribution in [0.15, 0.2) is 18.2 Å². The molecular formula is C12H15ClF2N2O2. The van der Waals surface area contributed by atoms with E-state index in [0.717, 1.165) is 6.07 Å². The quantitative estimate of drug-likeness (QED) is 0.768. The number of hydrogen-bond donors (Lipinski definition) is 3. The van der Waals surface area contributed by atoms with Crippen LogP contribution >= 0.6 is 12.4 Å². The Morgan fingerprint density at radius 1 is 1.42 bits per heavy atom. The Morgan fingerprint density at radius 3 is 2.79 bits per heavy atom. The first-order valence-corrected chi connectivity index (χ1v) is 5.70. The number of hydrogen-bond acceptors (Lipinski definition) is 3. The fraction of sp³-hybridized carbons (Fsp3) is 0.417. The molecule has 7 heteroatoms. The Labute approximate surface area is 115 Å². The first-order chi connectivity index (χ1) is 8.59. The normalized spacial score (nSPS) is 21.8. The third kappa shape index (κ3) is 3.62. The van der Waals surface area contributed by atoms with Crippen molar-refractivity contribution in [3.63, 3.8) is 0 Å². The molecule has 1 aromatic rings. The monoisotopic (exact) mass is 292 g/mol. The topological polar surface area (TPSA) is 61.4 Å². The largest absolute Gasteiger partial charge is 0.391 e. The first-order valence-electron chi connectivity index (χ1n) is 5.70. The molecule has 1 fully saturated rings. The molecule has 2 atom stereocenters. The van der Waals surface area contributed by atoms with Crippen LogP contribution in [0.5, 0.6) is 0 Å². The van der Waals surface area contributed by atoms with E-state index in [1.54, 1.807) is 0 Å². The highest BCUT2D eigenvalue weighted by atomic mass is 35.5. The molecule has 0 aromatic heterocycles. The zero-order valence-electron chi connectivity index (χ0n) is 10.0. The van der Waals surface area contributed by atoms with Gasteiger partial charge in [0.1, 0.15) is 0 Å². The number of aliphatic hydroxyl groups excluding tert-OH is 1. The summed E-state index contributed by atoms with van der Waals surface area (Å²) in [5.41, 5.74) is -0.324. The average molecular weight is 293 g/mol. The number of carbonyl (C=O) groups is 1. The predicted molar refractivity (Wildman–Crippen MR) is 68.3 cm³/mol. The molecule has 2 unspecified atom stereocenters. The number of halogens is 3. The Kier molecular flexibility index (Phi) is 5.65. The average Bonchev–Trinajstić information content (AvgIpc) is 2.75. The summed E-state index contributed by atoms with van der Waals surface area (Å²) in [4.78, 5) is 11.7. The van der Waals surface area contributed by atoms with Gasteiger partial charge < -0.3 is 15.7 Å². The predicted octanol–water partition coefficient (Wildman–Crippen LogP) is 0.697. The van der Waals surface area contributed by atoms with E-state index < -0.39 is 23.6 Å². The maximum atomic E-state index is 13.3. The smallest absolute Gasteiger partial charge is 0.254 e. The number of β-amino-alcohol motifs (C(OH)–C–C–N with tert-alkyl or cyclic N) is 1. The van der Waals surface area contributed by atoms with Crippen LogP contribution in [0.1, 0.15) is 10.4 Å². The molecule has 106 valence electrons. The van der Waals surface area contributed by atoms with Crippen LogP contribution < -0.4 is 10.6 Å². The van der Waals surface area contributed by atoms with Crippen LogP contribution in [0.2, 0.25) is 0 Å². The van der Waals surface area contributed by atoms with Gasteiger partial charge in [-0.3, -0.25) is 4.79 Å². The molecule has 1 heterocycles. The number of carbonyl (C=O) groups excluding carboxylic acids is 1. The second-order valence-electron chi connectivity index (χ2n) is 4.30. The lowest BCUT2D eigenvalue weighted by Gasteiger charge is -2.14. The van der Waals surface area contributed by atoms with E-state index >= 15 is 0 Å². The SMILES string of the molecule is Cl.O=C(NCC1CNCC1O)c1cccc(F)c1F. The van der Waals surface area contributed by atoms with Crippen LogP contribution in [0.3, 0.4) is 0 Å². The van der Waals surface area contributed by atoms with Gasteiger partial charge in [-0.05, 0) is 12.1 Å². The van der Waals surface area contributed by atoms with Gasteiger partial charge in [0.2, 0.25) is 0 Å². The molecule has 1 saturated heterocycles. The molecule has 19 heavy (non-hydrogen) atoms. The molecule has 1 aromatic carbocycles. The molecule has 4 nitrogen and oxygen atoms in total. The van der Waals surface area contributed by atoms with Crippen molar-refractivity contribution in [2.45, 2.75) is 6.10 Å². The third-order valence-corrected chi connectivity index (χ3v) is 3.03. The summed E-state index contributed by atoms with van der Waals surface area (Å²) < 4.78 is 26.3. The standard InChI is InChI=1S/C12H14F2N2O2.ClH/c13-9-3-1-2-8(11(9)14)12(18)16-5-7-4-15-6-10(7)17;/h1-3,7,10,15,17H,4-6H2,(H,16,18);1H. The maximum Gasteiger partial charge on any atom is 0.254 e. The van der Waals surface area contributed by atoms with Crippen molar-refractivity contribution in [2.24, 2.45) is 5.92 Å². The molecule has 1 aliphatic rings. The van der Waals surface area contributed by atoms with Crippen LogP contribution in [0, 0.1) is 17.6 Å². The fourth-order valence-corrected chi connectivity index (χ4v) is 1.93. The van der Waals surface area contributed by atoms with Gasteiger partial charge in [-0.25, -0.2) is 8.78 Å². The third-order valence-electron chi connectivity index (χ3n) is 3.03. The summed E-state index contributed by atoms with van der Waals surface area (Å²) in [6.45, 7) is 1.30. The van der Waals surface area contributed by atoms with Gasteiger partial charge in [0.05, 0.1) is 11.7 Å². The number of nitrogens with one attached hydrogen (secondary N) is 2. The Morgan fingerprint density at radius 2 is 2.16 bits per heavy atom. The van der Waals surface area contributed by atoms with E-state index in [4.69, 9.17) is 0 Å². The number of amides is 1. The van der Waals surface area contributed by atoms with E-state index in [1.165, 1.54) is 12.1 Å². The molecule has 3 N–H and O–H groups in total. The molecule has 0 aliphatic carbocycles. The molecule has 2 rings (SSSR count). The van der Waals surface area contributed by atoms with Crippen LogP contribution in [-0.4, -0.2) is 36.8 Å². The Bertz CT molecular complexity index is 459. The van der Waals surface area contributed by atoms with E-state index in [2.05, 4.69) is 10.6 Å². The summed E-state index contributed by atoms with van der Waals surface area (Å²) >= 11 is 0. The number of benzene rings is 1. The van der Waals surface area contributed by atoms with Crippen LogP contribution in [0.25, 0.3) is 0 Å². The summed E-state index contributed by atoms with van der Waals surface area (Å²) in [5, 5.41) is 15.0. The van der Waals surface area contributed by atoms with Gasteiger partial charge >= 0.3 is 0 Å². The second-order valence-corrected chi connectivity index (χ2v) is 4.30. The van der Waals surface area contributed by atoms with E-state index in [9.17, 15) is 18.7 Å². The molecular weight excluding hydrogens is 278 g/mol. The van der Waals surface area contributed by atoms with Crippen molar-refractivity contribution in [3.05, 3.63) is 35.4 Å². The van der Waals surface area contributed by atoms with Gasteiger partial charge in [-0.2, -0.15) is 0 Å². The van der Waals surface area contributed by atoms with Gasteiger partial charge in [-0.1, -0.05) is 6.07 Å². The van der Waals surface area contributed by atoms with Gasteiger partial charge in [0.15, 0.2) is 11.6 Å². The minimum absolute atomic E-state index is 0. The highest BCUT2D eigenvalue weighted by molar-refractivity contribution is 5.94.